The van der Waals surface area contributed by atoms with E-state index in [9.17, 15) is 4.79 Å². The van der Waals surface area contributed by atoms with Crippen molar-refractivity contribution in [2.45, 2.75) is 24.8 Å². The summed E-state index contributed by atoms with van der Waals surface area (Å²) >= 11 is 0. The summed E-state index contributed by atoms with van der Waals surface area (Å²) in [5.41, 5.74) is 9.37. The van der Waals surface area contributed by atoms with Crippen LogP contribution in [0, 0.1) is 0 Å². The highest BCUT2D eigenvalue weighted by Crippen LogP contribution is 2.39. The summed E-state index contributed by atoms with van der Waals surface area (Å²) < 4.78 is 0. The number of carbonyl (C=O) groups is 1. The van der Waals surface area contributed by atoms with E-state index in [1.54, 1.807) is 0 Å². The number of hydrogen-bond donors (Lipinski definition) is 2. The van der Waals surface area contributed by atoms with E-state index < -0.39 is 5.54 Å². The largest absolute Gasteiger partial charge is 0.397 e. The average Bonchev–Trinajstić information content (AvgIpc) is 3.07. The predicted molar refractivity (Wildman–Crippen MR) is 112 cm³/mol. The molecule has 1 aromatic carbocycles. The number of nitrogens with one attached hydrogen (secondary N) is 1. The van der Waals surface area contributed by atoms with Gasteiger partial charge in [0.2, 0.25) is 5.91 Å². The monoisotopic (exact) mass is 375 g/mol. The zero-order chi connectivity index (χ0) is 19.4. The first-order valence-corrected chi connectivity index (χ1v) is 9.71. The molecule has 4 rings (SSSR count). The topological polar surface area (TPSA) is 83.1 Å². The maximum Gasteiger partial charge on any atom is 0.224 e. The molecule has 0 saturated heterocycles. The van der Waals surface area contributed by atoms with E-state index in [1.165, 1.54) is 0 Å². The van der Waals surface area contributed by atoms with Crippen LogP contribution in [-0.4, -0.2) is 48.0 Å². The maximum absolute atomic E-state index is 12.1. The molecule has 1 aliphatic carbocycles. The third kappa shape index (κ3) is 3.43. The summed E-state index contributed by atoms with van der Waals surface area (Å²) in [6.45, 7) is 2.16. The first-order valence-electron chi connectivity index (χ1n) is 9.71. The number of aliphatic imine (C=N–C) groups is 2. The molecule has 2 heterocycles. The van der Waals surface area contributed by atoms with Crippen LogP contribution in [0.5, 0.6) is 0 Å². The lowest BCUT2D eigenvalue weighted by atomic mass is 9.82. The second-order valence-electron chi connectivity index (χ2n) is 7.21. The lowest BCUT2D eigenvalue weighted by molar-refractivity contribution is -0.120. The van der Waals surface area contributed by atoms with E-state index in [-0.39, 0.29) is 5.91 Å². The molecule has 3 N–H and O–H groups in total. The number of carbonyl (C=O) groups excluding carboxylic acids is 1. The van der Waals surface area contributed by atoms with Gasteiger partial charge in [0, 0.05) is 19.3 Å². The molecule has 2 aliphatic heterocycles. The van der Waals surface area contributed by atoms with Crippen LogP contribution in [0.2, 0.25) is 0 Å². The number of benzene rings is 1. The lowest BCUT2D eigenvalue weighted by Gasteiger charge is -2.40. The van der Waals surface area contributed by atoms with E-state index in [0.29, 0.717) is 25.3 Å². The zero-order valence-electron chi connectivity index (χ0n) is 15.8. The summed E-state index contributed by atoms with van der Waals surface area (Å²) in [7, 11) is 0. The van der Waals surface area contributed by atoms with Crippen molar-refractivity contribution in [2.24, 2.45) is 15.7 Å². The van der Waals surface area contributed by atoms with Crippen LogP contribution in [0.15, 0.2) is 76.0 Å². The molecule has 0 bridgehead atoms. The Labute approximate surface area is 165 Å². The SMILES string of the molecule is NC1=CC=C2N=CC=CC23C1=NCN3CCCCNC(=O)Cc1ccccc1. The standard InChI is InChI=1S/C22H25N5O/c23-18-9-10-19-22(11-6-13-24-19)21(18)26-16-27(22)14-5-4-12-25-20(28)15-17-7-2-1-3-8-17/h1-3,6-11,13H,4-5,12,14-16,23H2,(H,25,28). The van der Waals surface area contributed by atoms with E-state index in [2.05, 4.69) is 26.3 Å². The fourth-order valence-corrected chi connectivity index (χ4v) is 3.97. The number of hydrogen-bond acceptors (Lipinski definition) is 5. The highest BCUT2D eigenvalue weighted by molar-refractivity contribution is 6.13. The summed E-state index contributed by atoms with van der Waals surface area (Å²) in [4.78, 5) is 23.6. The molecule has 6 heteroatoms. The van der Waals surface area contributed by atoms with Crippen LogP contribution in [0.1, 0.15) is 18.4 Å². The summed E-state index contributed by atoms with van der Waals surface area (Å²) in [6, 6.07) is 9.80. The van der Waals surface area contributed by atoms with Crippen LogP contribution in [-0.2, 0) is 11.2 Å². The molecule has 0 radical (unpaired) electrons. The molecular weight excluding hydrogens is 350 g/mol. The molecule has 0 aromatic heterocycles. The van der Waals surface area contributed by atoms with Crippen molar-refractivity contribution in [3.8, 4) is 0 Å². The number of allylic oxidation sites excluding steroid dienone is 3. The quantitative estimate of drug-likeness (QED) is 0.715. The Balaban J connectivity index is 1.27. The Morgan fingerprint density at radius 3 is 2.93 bits per heavy atom. The van der Waals surface area contributed by atoms with Crippen molar-refractivity contribution in [1.29, 1.82) is 0 Å². The first-order chi connectivity index (χ1) is 13.7. The van der Waals surface area contributed by atoms with Crippen molar-refractivity contribution in [3.63, 3.8) is 0 Å². The Morgan fingerprint density at radius 1 is 1.21 bits per heavy atom. The minimum absolute atomic E-state index is 0.0662. The van der Waals surface area contributed by atoms with Gasteiger partial charge >= 0.3 is 0 Å². The molecule has 0 saturated carbocycles. The predicted octanol–water partition coefficient (Wildman–Crippen LogP) is 1.96. The Morgan fingerprint density at radius 2 is 2.07 bits per heavy atom. The molecule has 1 atom stereocenters. The van der Waals surface area contributed by atoms with Crippen LogP contribution in [0.25, 0.3) is 0 Å². The molecule has 0 fully saturated rings. The number of nitrogens with zero attached hydrogens (tertiary/aromatic N) is 3. The van der Waals surface area contributed by atoms with Crippen molar-refractivity contribution in [3.05, 3.63) is 71.6 Å². The van der Waals surface area contributed by atoms with Gasteiger partial charge < -0.3 is 11.1 Å². The number of unbranched alkanes of at least 4 members (excludes halogenated alkanes) is 1. The number of amides is 1. The second kappa shape index (κ2) is 7.94. The van der Waals surface area contributed by atoms with Crippen molar-refractivity contribution in [2.75, 3.05) is 19.8 Å². The Bertz CT molecular complexity index is 897. The Kier molecular flexibility index (Phi) is 5.21. The molecule has 6 nitrogen and oxygen atoms in total. The maximum atomic E-state index is 12.1. The van der Waals surface area contributed by atoms with Gasteiger partial charge in [-0.05, 0) is 36.6 Å². The van der Waals surface area contributed by atoms with E-state index in [1.807, 2.05) is 54.8 Å². The van der Waals surface area contributed by atoms with Gasteiger partial charge in [-0.15, -0.1) is 0 Å². The first kappa shape index (κ1) is 18.4. The molecule has 1 unspecified atom stereocenters. The van der Waals surface area contributed by atoms with Gasteiger partial charge in [0.05, 0.1) is 30.2 Å². The molecule has 28 heavy (non-hydrogen) atoms. The van der Waals surface area contributed by atoms with Crippen molar-refractivity contribution < 1.29 is 4.79 Å². The van der Waals surface area contributed by atoms with Gasteiger partial charge in [-0.2, -0.15) is 0 Å². The lowest BCUT2D eigenvalue weighted by Crippen LogP contribution is -2.53. The van der Waals surface area contributed by atoms with Crippen LogP contribution >= 0.6 is 0 Å². The van der Waals surface area contributed by atoms with Gasteiger partial charge in [0.15, 0.2) is 0 Å². The molecule has 1 aromatic rings. The van der Waals surface area contributed by atoms with Gasteiger partial charge in [-0.1, -0.05) is 36.4 Å². The zero-order valence-corrected chi connectivity index (χ0v) is 15.8. The van der Waals surface area contributed by atoms with Gasteiger partial charge in [-0.3, -0.25) is 19.7 Å². The molecule has 3 aliphatic rings. The van der Waals surface area contributed by atoms with Gasteiger partial charge in [0.1, 0.15) is 5.54 Å². The summed E-state index contributed by atoms with van der Waals surface area (Å²) in [5, 5.41) is 3.01. The minimum atomic E-state index is -0.426. The Hall–Kier alpha value is -2.99. The number of dihydropyridines is 1. The van der Waals surface area contributed by atoms with Crippen LogP contribution in [0.4, 0.5) is 0 Å². The summed E-state index contributed by atoms with van der Waals surface area (Å²) in [5.74, 6) is 0.0662. The average molecular weight is 375 g/mol. The summed E-state index contributed by atoms with van der Waals surface area (Å²) in [6.07, 6.45) is 12.1. The second-order valence-corrected chi connectivity index (χ2v) is 7.21. The highest BCUT2D eigenvalue weighted by Gasteiger charge is 2.49. The van der Waals surface area contributed by atoms with E-state index >= 15 is 0 Å². The molecule has 1 spiro atoms. The van der Waals surface area contributed by atoms with Crippen molar-refractivity contribution in [1.82, 2.24) is 10.2 Å². The van der Waals surface area contributed by atoms with E-state index in [4.69, 9.17) is 5.73 Å². The highest BCUT2D eigenvalue weighted by atomic mass is 16.1. The minimum Gasteiger partial charge on any atom is -0.397 e. The fourth-order valence-electron chi connectivity index (χ4n) is 3.97. The van der Waals surface area contributed by atoms with Gasteiger partial charge in [-0.25, -0.2) is 0 Å². The van der Waals surface area contributed by atoms with Crippen LogP contribution in [0.3, 0.4) is 0 Å². The third-order valence-electron chi connectivity index (χ3n) is 5.37. The van der Waals surface area contributed by atoms with Crippen molar-refractivity contribution >= 4 is 17.8 Å². The fraction of sp³-hybridized carbons (Fsp3) is 0.318. The molecule has 144 valence electrons. The number of rotatable bonds is 7. The number of nitrogens with two attached hydrogens (primary N) is 1. The third-order valence-corrected chi connectivity index (χ3v) is 5.37. The smallest absolute Gasteiger partial charge is 0.224 e. The molecular formula is C22H25N5O. The normalized spacial score (nSPS) is 22.8. The van der Waals surface area contributed by atoms with Gasteiger partial charge in [0.25, 0.3) is 0 Å². The van der Waals surface area contributed by atoms with E-state index in [0.717, 1.165) is 36.4 Å². The molecule has 1 amide bonds. The van der Waals surface area contributed by atoms with Crippen LogP contribution < -0.4 is 11.1 Å².